The summed E-state index contributed by atoms with van der Waals surface area (Å²) in [5.41, 5.74) is 6.61. The molecule has 1 aromatic rings. The Balaban J connectivity index is 1.81. The number of anilines is 1. The number of fused-ring (bicyclic) bond motifs is 1. The van der Waals surface area contributed by atoms with Gasteiger partial charge in [0, 0.05) is 17.3 Å². The molecule has 1 heteroatoms. The van der Waals surface area contributed by atoms with Crippen molar-refractivity contribution in [3.05, 3.63) is 53.8 Å². The van der Waals surface area contributed by atoms with Gasteiger partial charge in [-0.15, -0.1) is 0 Å². The monoisotopic (exact) mass is 239 g/mol. The van der Waals surface area contributed by atoms with Gasteiger partial charge in [0.2, 0.25) is 0 Å². The Morgan fingerprint density at radius 1 is 1.33 bits per heavy atom. The lowest BCUT2D eigenvalue weighted by Gasteiger charge is -2.16. The van der Waals surface area contributed by atoms with Gasteiger partial charge in [-0.3, -0.25) is 0 Å². The van der Waals surface area contributed by atoms with E-state index in [9.17, 15) is 0 Å². The van der Waals surface area contributed by atoms with Crippen LogP contribution in [0.1, 0.15) is 42.7 Å². The molecule has 1 aliphatic heterocycles. The molecule has 1 aliphatic carbocycles. The minimum Gasteiger partial charge on any atom is -0.359 e. The fourth-order valence-electron chi connectivity index (χ4n) is 3.35. The second-order valence-electron chi connectivity index (χ2n) is 5.89. The maximum absolute atomic E-state index is 4.21. The third kappa shape index (κ3) is 1.98. The molecule has 2 atom stereocenters. The zero-order chi connectivity index (χ0) is 12.7. The lowest BCUT2D eigenvalue weighted by molar-refractivity contribution is 0.481. The fourth-order valence-corrected chi connectivity index (χ4v) is 3.35. The van der Waals surface area contributed by atoms with Crippen LogP contribution in [-0.4, -0.2) is 0 Å². The molecule has 1 N–H and O–H groups in total. The van der Waals surface area contributed by atoms with Crippen LogP contribution in [-0.2, 0) is 0 Å². The number of hydrogen-bond acceptors (Lipinski definition) is 1. The molecule has 94 valence electrons. The number of benzene rings is 1. The zero-order valence-electron chi connectivity index (χ0n) is 11.1. The van der Waals surface area contributed by atoms with Crippen molar-refractivity contribution < 1.29 is 0 Å². The van der Waals surface area contributed by atoms with Crippen LogP contribution in [0.25, 0.3) is 0 Å². The predicted octanol–water partition coefficient (Wildman–Crippen LogP) is 4.76. The van der Waals surface area contributed by atoms with E-state index in [0.29, 0.717) is 5.92 Å². The third-order valence-corrected chi connectivity index (χ3v) is 4.35. The lowest BCUT2D eigenvalue weighted by Crippen LogP contribution is -2.05. The molecule has 2 unspecified atom stereocenters. The normalized spacial score (nSPS) is 26.3. The van der Waals surface area contributed by atoms with Crippen molar-refractivity contribution >= 4 is 5.69 Å². The number of allylic oxidation sites excluding steroid dienone is 2. The van der Waals surface area contributed by atoms with Gasteiger partial charge in [0.25, 0.3) is 0 Å². The zero-order valence-corrected chi connectivity index (χ0v) is 11.1. The van der Waals surface area contributed by atoms with Crippen LogP contribution in [0.2, 0.25) is 0 Å². The molecule has 2 aliphatic rings. The van der Waals surface area contributed by atoms with Crippen LogP contribution < -0.4 is 5.32 Å². The maximum Gasteiger partial charge on any atom is 0.0423 e. The first-order chi connectivity index (χ1) is 8.63. The molecule has 0 radical (unpaired) electrons. The van der Waals surface area contributed by atoms with E-state index in [2.05, 4.69) is 43.6 Å². The average Bonchev–Trinajstić information content (AvgIpc) is 2.84. The van der Waals surface area contributed by atoms with E-state index in [1.54, 1.807) is 0 Å². The molecule has 0 bridgehead atoms. The summed E-state index contributed by atoms with van der Waals surface area (Å²) in [6.07, 6.45) is 4.97. The highest BCUT2D eigenvalue weighted by Crippen LogP contribution is 2.45. The second-order valence-corrected chi connectivity index (χ2v) is 5.89. The number of rotatable bonds is 2. The first-order valence-electron chi connectivity index (χ1n) is 6.86. The molecule has 1 saturated carbocycles. The Morgan fingerprint density at radius 2 is 2.17 bits per heavy atom. The van der Waals surface area contributed by atoms with E-state index in [-0.39, 0.29) is 0 Å². The third-order valence-electron chi connectivity index (χ3n) is 4.35. The van der Waals surface area contributed by atoms with Crippen molar-refractivity contribution in [1.29, 1.82) is 0 Å². The smallest absolute Gasteiger partial charge is 0.0423 e. The molecule has 0 aromatic heterocycles. The molecule has 18 heavy (non-hydrogen) atoms. The van der Waals surface area contributed by atoms with Gasteiger partial charge >= 0.3 is 0 Å². The van der Waals surface area contributed by atoms with E-state index >= 15 is 0 Å². The minimum atomic E-state index is 0.497. The van der Waals surface area contributed by atoms with Crippen molar-refractivity contribution in [3.8, 4) is 0 Å². The van der Waals surface area contributed by atoms with Crippen molar-refractivity contribution in [2.45, 2.75) is 38.5 Å². The van der Waals surface area contributed by atoms with Crippen LogP contribution in [0.3, 0.4) is 0 Å². The SMILES string of the molecule is C=C1CCC(CC2C(=C)Nc3cc(C)ccc32)C1. The molecule has 1 aromatic carbocycles. The summed E-state index contributed by atoms with van der Waals surface area (Å²) in [7, 11) is 0. The summed E-state index contributed by atoms with van der Waals surface area (Å²) in [5.74, 6) is 1.30. The number of nitrogens with one attached hydrogen (secondary N) is 1. The van der Waals surface area contributed by atoms with Gasteiger partial charge in [-0.2, -0.15) is 0 Å². The van der Waals surface area contributed by atoms with Crippen LogP contribution in [0.4, 0.5) is 5.69 Å². The first kappa shape index (κ1) is 11.6. The van der Waals surface area contributed by atoms with Crippen LogP contribution in [0, 0.1) is 12.8 Å². The Morgan fingerprint density at radius 3 is 2.89 bits per heavy atom. The van der Waals surface area contributed by atoms with Gasteiger partial charge in [0.1, 0.15) is 0 Å². The Kier molecular flexibility index (Phi) is 2.77. The highest BCUT2D eigenvalue weighted by Gasteiger charge is 2.30. The van der Waals surface area contributed by atoms with Gasteiger partial charge in [-0.05, 0) is 55.7 Å². The topological polar surface area (TPSA) is 12.0 Å². The Hall–Kier alpha value is -1.50. The summed E-state index contributed by atoms with van der Waals surface area (Å²) in [5, 5.41) is 3.46. The molecule has 1 fully saturated rings. The predicted molar refractivity (Wildman–Crippen MR) is 77.8 cm³/mol. The first-order valence-corrected chi connectivity index (χ1v) is 6.86. The summed E-state index contributed by atoms with van der Waals surface area (Å²) in [4.78, 5) is 0. The molecule has 1 nitrogen and oxygen atoms in total. The fraction of sp³-hybridized carbons (Fsp3) is 0.412. The highest BCUT2D eigenvalue weighted by atomic mass is 14.9. The van der Waals surface area contributed by atoms with Crippen LogP contribution >= 0.6 is 0 Å². The largest absolute Gasteiger partial charge is 0.359 e. The molecular formula is C17H21N. The van der Waals surface area contributed by atoms with Gasteiger partial charge < -0.3 is 5.32 Å². The highest BCUT2D eigenvalue weighted by molar-refractivity contribution is 5.65. The van der Waals surface area contributed by atoms with Crippen molar-refractivity contribution in [2.75, 3.05) is 5.32 Å². The molecule has 0 spiro atoms. The number of aryl methyl sites for hydroxylation is 1. The van der Waals surface area contributed by atoms with Crippen molar-refractivity contribution in [1.82, 2.24) is 0 Å². The molecule has 3 rings (SSSR count). The quantitative estimate of drug-likeness (QED) is 0.733. The van der Waals surface area contributed by atoms with Gasteiger partial charge in [0.05, 0.1) is 0 Å². The van der Waals surface area contributed by atoms with Gasteiger partial charge in [-0.1, -0.05) is 30.9 Å². The lowest BCUT2D eigenvalue weighted by atomic mass is 9.87. The Bertz CT molecular complexity index is 512. The van der Waals surface area contributed by atoms with Crippen LogP contribution in [0.15, 0.2) is 42.6 Å². The molecule has 1 heterocycles. The summed E-state index contributed by atoms with van der Waals surface area (Å²) in [6.45, 7) is 10.5. The average molecular weight is 239 g/mol. The maximum atomic E-state index is 4.21. The van der Waals surface area contributed by atoms with E-state index in [0.717, 1.165) is 5.92 Å². The van der Waals surface area contributed by atoms with Gasteiger partial charge in [-0.25, -0.2) is 0 Å². The summed E-state index contributed by atoms with van der Waals surface area (Å²) >= 11 is 0. The summed E-state index contributed by atoms with van der Waals surface area (Å²) in [6, 6.07) is 6.71. The van der Waals surface area contributed by atoms with E-state index < -0.39 is 0 Å². The van der Waals surface area contributed by atoms with E-state index in [4.69, 9.17) is 0 Å². The summed E-state index contributed by atoms with van der Waals surface area (Å²) < 4.78 is 0. The Labute approximate surface area is 110 Å². The number of hydrogen-bond donors (Lipinski definition) is 1. The molecule has 0 saturated heterocycles. The standard InChI is InChI=1S/C17H21N/c1-11-4-6-14(8-11)10-16-13(3)18-17-9-12(2)5-7-15(16)17/h5,7,9,14,16,18H,1,3-4,6,8,10H2,2H3. The van der Waals surface area contributed by atoms with Crippen LogP contribution in [0.5, 0.6) is 0 Å². The van der Waals surface area contributed by atoms with E-state index in [1.165, 1.54) is 53.8 Å². The van der Waals surface area contributed by atoms with Crippen molar-refractivity contribution in [3.63, 3.8) is 0 Å². The molecule has 0 amide bonds. The van der Waals surface area contributed by atoms with Gasteiger partial charge in [0.15, 0.2) is 0 Å². The minimum absolute atomic E-state index is 0.497. The molecular weight excluding hydrogens is 218 g/mol. The van der Waals surface area contributed by atoms with Crippen molar-refractivity contribution in [2.24, 2.45) is 5.92 Å². The second kappa shape index (κ2) is 4.31. The van der Waals surface area contributed by atoms with E-state index in [1.807, 2.05) is 0 Å².